The summed E-state index contributed by atoms with van der Waals surface area (Å²) >= 11 is 0. The zero-order valence-electron chi connectivity index (χ0n) is 9.01. The highest BCUT2D eigenvalue weighted by Gasteiger charge is 2.24. The van der Waals surface area contributed by atoms with Crippen LogP contribution in [0, 0.1) is 0 Å². The predicted molar refractivity (Wildman–Crippen MR) is 59.9 cm³/mol. The van der Waals surface area contributed by atoms with E-state index in [0.717, 1.165) is 12.0 Å². The molecule has 0 aromatic heterocycles. The standard InChI is InChI=1S/C11H16O3P/c1-3-10-4-6-11(7-5-10)8-14-15(13)9(2)12/h4-7,9,12H,3,8H2,1-2H3/q+1. The highest BCUT2D eigenvalue weighted by molar-refractivity contribution is 7.39. The second kappa shape index (κ2) is 5.96. The molecule has 0 radical (unpaired) electrons. The third-order valence-electron chi connectivity index (χ3n) is 2.09. The number of hydrogen-bond donors (Lipinski definition) is 1. The van der Waals surface area contributed by atoms with Crippen LogP contribution in [-0.4, -0.2) is 11.0 Å². The summed E-state index contributed by atoms with van der Waals surface area (Å²) in [6.07, 6.45) is 1.00. The van der Waals surface area contributed by atoms with E-state index in [2.05, 4.69) is 6.92 Å². The highest BCUT2D eigenvalue weighted by Crippen LogP contribution is 2.28. The predicted octanol–water partition coefficient (Wildman–Crippen LogP) is 2.85. The maximum Gasteiger partial charge on any atom is 0.540 e. The zero-order valence-corrected chi connectivity index (χ0v) is 9.91. The van der Waals surface area contributed by atoms with Crippen molar-refractivity contribution in [3.05, 3.63) is 35.4 Å². The van der Waals surface area contributed by atoms with Crippen LogP contribution in [0.15, 0.2) is 24.3 Å². The van der Waals surface area contributed by atoms with Crippen molar-refractivity contribution in [3.8, 4) is 0 Å². The molecule has 0 saturated carbocycles. The van der Waals surface area contributed by atoms with Crippen LogP contribution in [0.1, 0.15) is 25.0 Å². The van der Waals surface area contributed by atoms with Crippen molar-refractivity contribution < 1.29 is 14.2 Å². The Kier molecular flexibility index (Phi) is 4.89. The van der Waals surface area contributed by atoms with Crippen molar-refractivity contribution in [2.24, 2.45) is 0 Å². The van der Waals surface area contributed by atoms with Crippen molar-refractivity contribution in [1.29, 1.82) is 0 Å². The molecule has 0 amide bonds. The molecule has 0 aliphatic carbocycles. The second-order valence-electron chi connectivity index (χ2n) is 3.36. The Labute approximate surface area is 91.0 Å². The van der Waals surface area contributed by atoms with Gasteiger partial charge in [0.25, 0.3) is 5.85 Å². The molecule has 0 aliphatic heterocycles. The molecule has 2 unspecified atom stereocenters. The fourth-order valence-corrected chi connectivity index (χ4v) is 1.61. The molecule has 0 fully saturated rings. The summed E-state index contributed by atoms with van der Waals surface area (Å²) in [7, 11) is -1.97. The average Bonchev–Trinajstić information content (AvgIpc) is 2.26. The Bertz CT molecular complexity index is 319. The molecule has 0 aliphatic rings. The molecule has 0 heterocycles. The molecule has 82 valence electrons. The molecule has 0 saturated heterocycles. The Morgan fingerprint density at radius 1 is 1.33 bits per heavy atom. The minimum absolute atomic E-state index is 0.282. The van der Waals surface area contributed by atoms with Crippen molar-refractivity contribution in [3.63, 3.8) is 0 Å². The van der Waals surface area contributed by atoms with Crippen LogP contribution in [0.2, 0.25) is 0 Å². The lowest BCUT2D eigenvalue weighted by molar-refractivity contribution is 0.228. The van der Waals surface area contributed by atoms with Gasteiger partial charge in [0.1, 0.15) is 6.61 Å². The van der Waals surface area contributed by atoms with Gasteiger partial charge in [-0.3, -0.25) is 0 Å². The SMILES string of the molecule is CCc1ccc(CO[P+](=O)C(C)O)cc1. The molecule has 2 atom stereocenters. The van der Waals surface area contributed by atoms with Gasteiger partial charge >= 0.3 is 8.03 Å². The van der Waals surface area contributed by atoms with E-state index < -0.39 is 13.9 Å². The minimum Gasteiger partial charge on any atom is -0.349 e. The number of aliphatic hydroxyl groups excluding tert-OH is 1. The van der Waals surface area contributed by atoms with Crippen molar-refractivity contribution >= 4 is 8.03 Å². The van der Waals surface area contributed by atoms with Gasteiger partial charge in [0.15, 0.2) is 0 Å². The Balaban J connectivity index is 2.47. The summed E-state index contributed by atoms with van der Waals surface area (Å²) in [5, 5.41) is 8.97. The number of benzene rings is 1. The highest BCUT2D eigenvalue weighted by atomic mass is 31.1. The maximum absolute atomic E-state index is 11.1. The first-order chi connectivity index (χ1) is 7.13. The van der Waals surface area contributed by atoms with Gasteiger partial charge in [-0.15, -0.1) is 4.52 Å². The number of hydrogen-bond acceptors (Lipinski definition) is 3. The molecule has 1 aromatic carbocycles. The molecule has 1 aromatic rings. The van der Waals surface area contributed by atoms with E-state index in [4.69, 9.17) is 9.63 Å². The van der Waals surface area contributed by atoms with Gasteiger partial charge in [0.05, 0.1) is 0 Å². The van der Waals surface area contributed by atoms with Crippen molar-refractivity contribution in [2.75, 3.05) is 0 Å². The topological polar surface area (TPSA) is 46.5 Å². The van der Waals surface area contributed by atoms with Crippen LogP contribution in [0.3, 0.4) is 0 Å². The quantitative estimate of drug-likeness (QED) is 0.787. The third kappa shape index (κ3) is 4.08. The monoisotopic (exact) mass is 227 g/mol. The van der Waals surface area contributed by atoms with E-state index >= 15 is 0 Å². The second-order valence-corrected chi connectivity index (χ2v) is 4.94. The number of aliphatic hydroxyl groups is 1. The normalized spacial score (nSPS) is 13.7. The fraction of sp³-hybridized carbons (Fsp3) is 0.455. The van der Waals surface area contributed by atoms with Gasteiger partial charge in [0, 0.05) is 6.92 Å². The molecule has 15 heavy (non-hydrogen) atoms. The maximum atomic E-state index is 11.1. The largest absolute Gasteiger partial charge is 0.540 e. The van der Waals surface area contributed by atoms with Crippen LogP contribution < -0.4 is 0 Å². The van der Waals surface area contributed by atoms with Gasteiger partial charge < -0.3 is 5.11 Å². The summed E-state index contributed by atoms with van der Waals surface area (Å²) in [5.74, 6) is -0.907. The van der Waals surface area contributed by atoms with Crippen LogP contribution in [0.5, 0.6) is 0 Å². The van der Waals surface area contributed by atoms with E-state index in [0.29, 0.717) is 0 Å². The van der Waals surface area contributed by atoms with E-state index in [1.54, 1.807) is 0 Å². The Hall–Kier alpha value is -0.760. The summed E-state index contributed by atoms with van der Waals surface area (Å²) in [4.78, 5) is 0. The molecule has 4 heteroatoms. The molecule has 1 N–H and O–H groups in total. The van der Waals surface area contributed by atoms with Gasteiger partial charge in [-0.25, -0.2) is 0 Å². The molecule has 3 nitrogen and oxygen atoms in total. The van der Waals surface area contributed by atoms with Gasteiger partial charge in [-0.05, 0) is 22.1 Å². The van der Waals surface area contributed by atoms with Gasteiger partial charge in [-0.2, -0.15) is 0 Å². The first-order valence-electron chi connectivity index (χ1n) is 4.98. The summed E-state index contributed by atoms with van der Waals surface area (Å²) < 4.78 is 16.1. The molecule has 0 spiro atoms. The molecule has 0 bridgehead atoms. The lowest BCUT2D eigenvalue weighted by atomic mass is 10.1. The van der Waals surface area contributed by atoms with Gasteiger partial charge in [0.2, 0.25) is 0 Å². The van der Waals surface area contributed by atoms with E-state index in [-0.39, 0.29) is 6.61 Å². The van der Waals surface area contributed by atoms with Crippen LogP contribution in [-0.2, 0) is 22.1 Å². The summed E-state index contributed by atoms with van der Waals surface area (Å²) in [6.45, 7) is 3.83. The molecule has 1 rings (SSSR count). The minimum atomic E-state index is -1.97. The lowest BCUT2D eigenvalue weighted by Gasteiger charge is -1.99. The number of aryl methyl sites for hydroxylation is 1. The Morgan fingerprint density at radius 3 is 2.33 bits per heavy atom. The van der Waals surface area contributed by atoms with E-state index in [1.807, 2.05) is 24.3 Å². The number of rotatable bonds is 5. The lowest BCUT2D eigenvalue weighted by Crippen LogP contribution is -1.95. The zero-order chi connectivity index (χ0) is 11.3. The van der Waals surface area contributed by atoms with Crippen LogP contribution in [0.25, 0.3) is 0 Å². The van der Waals surface area contributed by atoms with E-state index in [1.165, 1.54) is 12.5 Å². The molecular weight excluding hydrogens is 211 g/mol. The van der Waals surface area contributed by atoms with Crippen molar-refractivity contribution in [2.45, 2.75) is 32.7 Å². The smallest absolute Gasteiger partial charge is 0.349 e. The fourth-order valence-electron chi connectivity index (χ4n) is 1.12. The van der Waals surface area contributed by atoms with Crippen molar-refractivity contribution in [1.82, 2.24) is 0 Å². The van der Waals surface area contributed by atoms with Crippen LogP contribution >= 0.6 is 8.03 Å². The first kappa shape index (κ1) is 12.3. The third-order valence-corrected chi connectivity index (χ3v) is 3.09. The summed E-state index contributed by atoms with van der Waals surface area (Å²) in [6, 6.07) is 7.94. The average molecular weight is 227 g/mol. The van der Waals surface area contributed by atoms with Gasteiger partial charge in [-0.1, -0.05) is 31.2 Å². The van der Waals surface area contributed by atoms with E-state index in [9.17, 15) is 4.57 Å². The summed E-state index contributed by atoms with van der Waals surface area (Å²) in [5.41, 5.74) is 2.23. The first-order valence-corrected chi connectivity index (χ1v) is 6.23. The molecular formula is C11H16O3P+. The Morgan fingerprint density at radius 2 is 1.87 bits per heavy atom. The van der Waals surface area contributed by atoms with Crippen LogP contribution in [0.4, 0.5) is 0 Å².